The van der Waals surface area contributed by atoms with Crippen LogP contribution in [-0.4, -0.2) is 39.6 Å². The van der Waals surface area contributed by atoms with Crippen molar-refractivity contribution >= 4 is 23.5 Å². The summed E-state index contributed by atoms with van der Waals surface area (Å²) in [4.78, 5) is 24.1. The van der Waals surface area contributed by atoms with E-state index in [0.29, 0.717) is 10.6 Å². The molecule has 1 heterocycles. The Kier molecular flexibility index (Phi) is 3.54. The van der Waals surface area contributed by atoms with E-state index in [9.17, 15) is 19.8 Å². The fraction of sp³-hybridized carbons (Fsp3) is 0.333. The molecule has 1 aromatic rings. The van der Waals surface area contributed by atoms with Gasteiger partial charge in [0.05, 0.1) is 12.5 Å². The summed E-state index contributed by atoms with van der Waals surface area (Å²) in [5.74, 6) is -1.48. The largest absolute Gasteiger partial charge is 0.479 e. The molecule has 5 nitrogen and oxygen atoms in total. The van der Waals surface area contributed by atoms with E-state index in [4.69, 9.17) is 11.6 Å². The summed E-state index contributed by atoms with van der Waals surface area (Å²) in [5.41, 5.74) is 0.467. The monoisotopic (exact) mass is 269 g/mol. The van der Waals surface area contributed by atoms with Crippen LogP contribution in [0.1, 0.15) is 18.0 Å². The van der Waals surface area contributed by atoms with E-state index in [-0.39, 0.29) is 18.9 Å². The maximum atomic E-state index is 11.6. The number of β-amino-alcohol motifs (C(OH)–C–C–N with tert-alkyl or cyclic N) is 1. The van der Waals surface area contributed by atoms with E-state index < -0.39 is 18.1 Å². The fourth-order valence-electron chi connectivity index (χ4n) is 2.06. The van der Waals surface area contributed by atoms with Gasteiger partial charge in [0.15, 0.2) is 6.04 Å². The van der Waals surface area contributed by atoms with Crippen molar-refractivity contribution in [3.05, 3.63) is 34.9 Å². The molecular formula is C12H12ClNO4. The van der Waals surface area contributed by atoms with E-state index in [1.807, 2.05) is 0 Å². The minimum absolute atomic E-state index is 0.0304. The highest BCUT2D eigenvalue weighted by molar-refractivity contribution is 6.30. The molecule has 2 rings (SSSR count). The van der Waals surface area contributed by atoms with Crippen molar-refractivity contribution in [3.8, 4) is 0 Å². The predicted octanol–water partition coefficient (Wildman–Crippen LogP) is 1.06. The molecule has 0 saturated carbocycles. The standard InChI is InChI=1S/C12H12ClNO4/c13-8-3-1-7(2-4-8)11(12(17)18)14-6-9(15)5-10(14)16/h1-4,9,11,15H,5-6H2,(H,17,18). The second kappa shape index (κ2) is 4.96. The number of benzene rings is 1. The van der Waals surface area contributed by atoms with Crippen LogP contribution in [-0.2, 0) is 9.59 Å². The third kappa shape index (κ3) is 2.47. The summed E-state index contributed by atoms with van der Waals surface area (Å²) in [7, 11) is 0. The Morgan fingerprint density at radius 3 is 2.44 bits per heavy atom. The van der Waals surface area contributed by atoms with Gasteiger partial charge in [-0.05, 0) is 17.7 Å². The minimum atomic E-state index is -1.13. The van der Waals surface area contributed by atoms with Gasteiger partial charge in [-0.3, -0.25) is 4.79 Å². The molecule has 0 aliphatic carbocycles. The number of hydrogen-bond donors (Lipinski definition) is 2. The maximum absolute atomic E-state index is 11.6. The number of likely N-dealkylation sites (tertiary alicyclic amines) is 1. The molecule has 1 amide bonds. The van der Waals surface area contributed by atoms with Crippen molar-refractivity contribution in [3.63, 3.8) is 0 Å². The van der Waals surface area contributed by atoms with Crippen LogP contribution in [0.15, 0.2) is 24.3 Å². The second-order valence-electron chi connectivity index (χ2n) is 4.20. The number of rotatable bonds is 3. The molecule has 1 saturated heterocycles. The smallest absolute Gasteiger partial charge is 0.331 e. The van der Waals surface area contributed by atoms with Crippen molar-refractivity contribution in [2.75, 3.05) is 6.54 Å². The highest BCUT2D eigenvalue weighted by Gasteiger charge is 2.37. The third-order valence-corrected chi connectivity index (χ3v) is 3.12. The number of carboxylic acids is 1. The lowest BCUT2D eigenvalue weighted by Gasteiger charge is -2.24. The first kappa shape index (κ1) is 12.9. The number of nitrogens with zero attached hydrogens (tertiary/aromatic N) is 1. The van der Waals surface area contributed by atoms with Crippen LogP contribution < -0.4 is 0 Å². The zero-order valence-electron chi connectivity index (χ0n) is 9.41. The van der Waals surface area contributed by atoms with Gasteiger partial charge in [-0.25, -0.2) is 4.79 Å². The van der Waals surface area contributed by atoms with Crippen molar-refractivity contribution in [2.45, 2.75) is 18.6 Å². The lowest BCUT2D eigenvalue weighted by atomic mass is 10.1. The van der Waals surface area contributed by atoms with E-state index in [0.717, 1.165) is 0 Å². The normalized spacial score (nSPS) is 21.1. The van der Waals surface area contributed by atoms with Gasteiger partial charge in [-0.1, -0.05) is 23.7 Å². The molecule has 2 N–H and O–H groups in total. The molecule has 2 atom stereocenters. The number of carbonyl (C=O) groups excluding carboxylic acids is 1. The summed E-state index contributed by atoms with van der Waals surface area (Å²) < 4.78 is 0. The molecule has 0 radical (unpaired) electrons. The van der Waals surface area contributed by atoms with Gasteiger partial charge in [0.1, 0.15) is 0 Å². The highest BCUT2D eigenvalue weighted by Crippen LogP contribution is 2.27. The molecule has 1 aliphatic rings. The summed E-state index contributed by atoms with van der Waals surface area (Å²) in [5, 5.41) is 19.2. The Morgan fingerprint density at radius 1 is 1.39 bits per heavy atom. The molecular weight excluding hydrogens is 258 g/mol. The Labute approximate surface area is 109 Å². The average Bonchev–Trinajstić information content (AvgIpc) is 2.61. The first-order valence-corrected chi connectivity index (χ1v) is 5.82. The number of carboxylic acid groups (broad SMARTS) is 1. The van der Waals surface area contributed by atoms with Crippen LogP contribution >= 0.6 is 11.6 Å². The number of halogens is 1. The van der Waals surface area contributed by atoms with Gasteiger partial charge in [-0.2, -0.15) is 0 Å². The van der Waals surface area contributed by atoms with Gasteiger partial charge < -0.3 is 15.1 Å². The summed E-state index contributed by atoms with van der Waals surface area (Å²) in [6, 6.07) is 5.21. The number of amides is 1. The minimum Gasteiger partial charge on any atom is -0.479 e. The molecule has 0 spiro atoms. The third-order valence-electron chi connectivity index (χ3n) is 2.87. The van der Waals surface area contributed by atoms with E-state index in [1.54, 1.807) is 24.3 Å². The Bertz CT molecular complexity index is 473. The van der Waals surface area contributed by atoms with Crippen molar-refractivity contribution < 1.29 is 19.8 Å². The van der Waals surface area contributed by atoms with Gasteiger partial charge in [0.25, 0.3) is 0 Å². The second-order valence-corrected chi connectivity index (χ2v) is 4.63. The number of aliphatic hydroxyl groups excluding tert-OH is 1. The van der Waals surface area contributed by atoms with Crippen LogP contribution in [0.25, 0.3) is 0 Å². The van der Waals surface area contributed by atoms with Crippen molar-refractivity contribution in [1.82, 2.24) is 4.90 Å². The van der Waals surface area contributed by atoms with Crippen LogP contribution in [0.3, 0.4) is 0 Å². The lowest BCUT2D eigenvalue weighted by Crippen LogP contribution is -2.35. The molecule has 0 bridgehead atoms. The summed E-state index contributed by atoms with van der Waals surface area (Å²) in [6.07, 6.45) is -0.830. The fourth-order valence-corrected chi connectivity index (χ4v) is 2.19. The van der Waals surface area contributed by atoms with Crippen LogP contribution in [0, 0.1) is 0 Å². The van der Waals surface area contributed by atoms with Gasteiger partial charge in [0, 0.05) is 11.6 Å². The van der Waals surface area contributed by atoms with Crippen LogP contribution in [0.2, 0.25) is 5.02 Å². The zero-order chi connectivity index (χ0) is 13.3. The first-order valence-electron chi connectivity index (χ1n) is 5.45. The van der Waals surface area contributed by atoms with Gasteiger partial charge >= 0.3 is 5.97 Å². The van der Waals surface area contributed by atoms with Crippen molar-refractivity contribution in [2.24, 2.45) is 0 Å². The number of carbonyl (C=O) groups is 2. The van der Waals surface area contributed by atoms with E-state index in [2.05, 4.69) is 0 Å². The SMILES string of the molecule is O=C(O)C(c1ccc(Cl)cc1)N1CC(O)CC1=O. The Balaban J connectivity index is 2.32. The molecule has 18 heavy (non-hydrogen) atoms. The van der Waals surface area contributed by atoms with Gasteiger partial charge in [-0.15, -0.1) is 0 Å². The molecule has 0 aromatic heterocycles. The summed E-state index contributed by atoms with van der Waals surface area (Å²) in [6.45, 7) is 0.0401. The molecule has 1 aromatic carbocycles. The maximum Gasteiger partial charge on any atom is 0.331 e. The topological polar surface area (TPSA) is 77.8 Å². The van der Waals surface area contributed by atoms with E-state index >= 15 is 0 Å². The Hall–Kier alpha value is -1.59. The number of aliphatic hydroxyl groups is 1. The molecule has 1 aliphatic heterocycles. The number of hydrogen-bond acceptors (Lipinski definition) is 3. The molecule has 1 fully saturated rings. The molecule has 2 unspecified atom stereocenters. The van der Waals surface area contributed by atoms with Gasteiger partial charge in [0.2, 0.25) is 5.91 Å². The highest BCUT2D eigenvalue weighted by atomic mass is 35.5. The Morgan fingerprint density at radius 2 is 2.00 bits per heavy atom. The van der Waals surface area contributed by atoms with Crippen molar-refractivity contribution in [1.29, 1.82) is 0 Å². The average molecular weight is 270 g/mol. The molecule has 96 valence electrons. The van der Waals surface area contributed by atoms with E-state index in [1.165, 1.54) is 4.90 Å². The summed E-state index contributed by atoms with van der Waals surface area (Å²) >= 11 is 5.74. The zero-order valence-corrected chi connectivity index (χ0v) is 10.2. The number of aliphatic carboxylic acids is 1. The van der Waals surface area contributed by atoms with Crippen LogP contribution in [0.4, 0.5) is 0 Å². The first-order chi connectivity index (χ1) is 8.49. The van der Waals surface area contributed by atoms with Crippen LogP contribution in [0.5, 0.6) is 0 Å². The molecule has 6 heteroatoms. The quantitative estimate of drug-likeness (QED) is 0.860. The lowest BCUT2D eigenvalue weighted by molar-refractivity contribution is -0.148. The predicted molar refractivity (Wildman–Crippen MR) is 64.2 cm³/mol.